The number of carbonyl (C=O) groups is 2. The smallest absolute Gasteiger partial charge is 0.358 e. The molecule has 6 nitrogen and oxygen atoms in total. The quantitative estimate of drug-likeness (QED) is 0.661. The summed E-state index contributed by atoms with van der Waals surface area (Å²) in [5, 5.41) is 10.2. The molecule has 3 aromatic rings. The summed E-state index contributed by atoms with van der Waals surface area (Å²) in [6.07, 6.45) is 0. The first-order valence-electron chi connectivity index (χ1n) is 7.98. The zero-order valence-corrected chi connectivity index (χ0v) is 14.7. The van der Waals surface area contributed by atoms with Crippen LogP contribution < -0.4 is 5.32 Å². The van der Waals surface area contributed by atoms with Gasteiger partial charge in [0.2, 0.25) is 0 Å². The Balaban J connectivity index is 2.01. The highest BCUT2D eigenvalue weighted by molar-refractivity contribution is 6.30. The summed E-state index contributed by atoms with van der Waals surface area (Å²) >= 11 is 5.93. The first kappa shape index (κ1) is 17.7. The van der Waals surface area contributed by atoms with E-state index in [0.29, 0.717) is 21.8 Å². The predicted octanol–water partition coefficient (Wildman–Crippen LogP) is 4.16. The summed E-state index contributed by atoms with van der Waals surface area (Å²) < 4.78 is 5.04. The molecule has 1 aromatic heterocycles. The van der Waals surface area contributed by atoms with Gasteiger partial charge in [-0.2, -0.15) is 5.10 Å². The highest BCUT2D eigenvalue weighted by atomic mass is 35.5. The fraction of sp³-hybridized carbons (Fsp3) is 0.105. The van der Waals surface area contributed by atoms with E-state index in [9.17, 15) is 9.59 Å². The van der Waals surface area contributed by atoms with Crippen LogP contribution in [0.25, 0.3) is 11.3 Å². The van der Waals surface area contributed by atoms with Crippen LogP contribution in [0, 0.1) is 0 Å². The third kappa shape index (κ3) is 3.75. The van der Waals surface area contributed by atoms with Gasteiger partial charge in [-0.3, -0.25) is 9.89 Å². The summed E-state index contributed by atoms with van der Waals surface area (Å²) in [4.78, 5) is 24.8. The van der Waals surface area contributed by atoms with E-state index in [1.807, 2.05) is 6.07 Å². The highest BCUT2D eigenvalue weighted by Gasteiger charge is 2.23. The number of aromatic nitrogens is 2. The number of halogens is 1. The zero-order valence-electron chi connectivity index (χ0n) is 14.0. The first-order valence-corrected chi connectivity index (χ1v) is 8.35. The number of esters is 1. The molecule has 0 saturated heterocycles. The molecular weight excluding hydrogens is 354 g/mol. The molecule has 7 heteroatoms. The van der Waals surface area contributed by atoms with E-state index in [1.165, 1.54) is 0 Å². The Bertz CT molecular complexity index is 921. The summed E-state index contributed by atoms with van der Waals surface area (Å²) in [5.74, 6) is -0.948. The highest BCUT2D eigenvalue weighted by Crippen LogP contribution is 2.30. The molecule has 1 heterocycles. The molecule has 0 radical (unpaired) electrons. The Labute approximate surface area is 155 Å². The number of amides is 1. The number of aromatic amines is 1. The van der Waals surface area contributed by atoms with Crippen molar-refractivity contribution in [3.8, 4) is 11.3 Å². The minimum atomic E-state index is -0.594. The fourth-order valence-corrected chi connectivity index (χ4v) is 2.53. The summed E-state index contributed by atoms with van der Waals surface area (Å²) in [6, 6.07) is 15.6. The van der Waals surface area contributed by atoms with E-state index in [0.717, 1.165) is 0 Å². The minimum absolute atomic E-state index is 0.0843. The second-order valence-corrected chi connectivity index (χ2v) is 5.81. The maximum atomic E-state index is 12.6. The van der Waals surface area contributed by atoms with Crippen LogP contribution in [0.2, 0.25) is 5.02 Å². The SMILES string of the molecule is CCOC(=O)c1[nH]nc(-c2ccc(Cl)cc2)c1NC(=O)c1ccccc1. The van der Waals surface area contributed by atoms with Gasteiger partial charge in [-0.15, -0.1) is 0 Å². The number of H-pyrrole nitrogens is 1. The average Bonchev–Trinajstić information content (AvgIpc) is 3.07. The number of anilines is 1. The third-order valence-electron chi connectivity index (χ3n) is 3.64. The van der Waals surface area contributed by atoms with Crippen molar-refractivity contribution in [3.05, 3.63) is 70.9 Å². The molecule has 0 unspecified atom stereocenters. The van der Waals surface area contributed by atoms with Crippen molar-refractivity contribution in [2.75, 3.05) is 11.9 Å². The van der Waals surface area contributed by atoms with Crippen molar-refractivity contribution in [1.82, 2.24) is 10.2 Å². The van der Waals surface area contributed by atoms with Gasteiger partial charge in [0.15, 0.2) is 5.69 Å². The molecule has 3 rings (SSSR count). The van der Waals surface area contributed by atoms with Crippen molar-refractivity contribution in [2.24, 2.45) is 0 Å². The van der Waals surface area contributed by atoms with Crippen molar-refractivity contribution in [2.45, 2.75) is 6.92 Å². The van der Waals surface area contributed by atoms with Gasteiger partial charge in [-0.25, -0.2) is 4.79 Å². The van der Waals surface area contributed by atoms with Gasteiger partial charge >= 0.3 is 5.97 Å². The van der Waals surface area contributed by atoms with Crippen LogP contribution in [0.5, 0.6) is 0 Å². The topological polar surface area (TPSA) is 84.1 Å². The second-order valence-electron chi connectivity index (χ2n) is 5.37. The van der Waals surface area contributed by atoms with Crippen LogP contribution in [0.4, 0.5) is 5.69 Å². The monoisotopic (exact) mass is 369 g/mol. The van der Waals surface area contributed by atoms with Gasteiger partial charge in [-0.1, -0.05) is 41.9 Å². The number of nitrogens with zero attached hydrogens (tertiary/aromatic N) is 1. The van der Waals surface area contributed by atoms with Gasteiger partial charge in [0, 0.05) is 16.1 Å². The molecule has 2 aromatic carbocycles. The minimum Gasteiger partial charge on any atom is -0.461 e. The summed E-state index contributed by atoms with van der Waals surface area (Å²) in [6.45, 7) is 1.91. The Morgan fingerprint density at radius 2 is 1.81 bits per heavy atom. The lowest BCUT2D eigenvalue weighted by molar-refractivity contribution is 0.0520. The normalized spacial score (nSPS) is 10.4. The van der Waals surface area contributed by atoms with Crippen molar-refractivity contribution >= 4 is 29.2 Å². The molecule has 0 aliphatic heterocycles. The van der Waals surface area contributed by atoms with E-state index in [4.69, 9.17) is 16.3 Å². The van der Waals surface area contributed by atoms with Crippen molar-refractivity contribution in [3.63, 3.8) is 0 Å². The fourth-order valence-electron chi connectivity index (χ4n) is 2.41. The lowest BCUT2D eigenvalue weighted by Gasteiger charge is -2.08. The number of hydrogen-bond donors (Lipinski definition) is 2. The molecule has 132 valence electrons. The standard InChI is InChI=1S/C19H16ClN3O3/c1-2-26-19(25)17-16(21-18(24)13-6-4-3-5-7-13)15(22-23-17)12-8-10-14(20)11-9-12/h3-11H,2H2,1H3,(H,21,24)(H,22,23). The van der Waals surface area contributed by atoms with Crippen LogP contribution in [0.15, 0.2) is 54.6 Å². The van der Waals surface area contributed by atoms with Crippen LogP contribution >= 0.6 is 11.6 Å². The largest absolute Gasteiger partial charge is 0.461 e. The maximum absolute atomic E-state index is 12.6. The Hall–Kier alpha value is -3.12. The number of rotatable bonds is 5. The average molecular weight is 370 g/mol. The molecule has 0 aliphatic carbocycles. The molecule has 0 atom stereocenters. The number of hydrogen-bond acceptors (Lipinski definition) is 4. The second kappa shape index (κ2) is 7.84. The van der Waals surface area contributed by atoms with Gasteiger partial charge in [0.05, 0.1) is 6.61 Å². The molecule has 0 bridgehead atoms. The van der Waals surface area contributed by atoms with E-state index in [1.54, 1.807) is 55.5 Å². The molecule has 0 spiro atoms. The number of carbonyl (C=O) groups excluding carboxylic acids is 2. The lowest BCUT2D eigenvalue weighted by atomic mass is 10.1. The van der Waals surface area contributed by atoms with E-state index in [2.05, 4.69) is 15.5 Å². The molecular formula is C19H16ClN3O3. The molecule has 0 fully saturated rings. The van der Waals surface area contributed by atoms with Gasteiger partial charge in [-0.05, 0) is 31.2 Å². The number of benzene rings is 2. The van der Waals surface area contributed by atoms with Crippen LogP contribution in [-0.2, 0) is 4.74 Å². The molecule has 2 N–H and O–H groups in total. The van der Waals surface area contributed by atoms with Crippen molar-refractivity contribution < 1.29 is 14.3 Å². The van der Waals surface area contributed by atoms with E-state index in [-0.39, 0.29) is 23.9 Å². The lowest BCUT2D eigenvalue weighted by Crippen LogP contribution is -2.15. The molecule has 0 aliphatic rings. The van der Waals surface area contributed by atoms with E-state index < -0.39 is 5.97 Å². The molecule has 26 heavy (non-hydrogen) atoms. The number of nitrogens with one attached hydrogen (secondary N) is 2. The molecule has 0 saturated carbocycles. The number of ether oxygens (including phenoxy) is 1. The Morgan fingerprint density at radius 1 is 1.12 bits per heavy atom. The van der Waals surface area contributed by atoms with Gasteiger partial charge in [0.1, 0.15) is 11.4 Å². The van der Waals surface area contributed by atoms with Crippen molar-refractivity contribution in [1.29, 1.82) is 0 Å². The first-order chi connectivity index (χ1) is 12.6. The summed E-state index contributed by atoms with van der Waals surface area (Å²) in [5.41, 5.74) is 1.94. The Morgan fingerprint density at radius 3 is 2.46 bits per heavy atom. The zero-order chi connectivity index (χ0) is 18.5. The molecule has 1 amide bonds. The van der Waals surface area contributed by atoms with Crippen LogP contribution in [-0.4, -0.2) is 28.7 Å². The van der Waals surface area contributed by atoms with Gasteiger partial charge in [0.25, 0.3) is 5.91 Å². The predicted molar refractivity (Wildman–Crippen MR) is 99.4 cm³/mol. The van der Waals surface area contributed by atoms with E-state index >= 15 is 0 Å². The third-order valence-corrected chi connectivity index (χ3v) is 3.89. The summed E-state index contributed by atoms with van der Waals surface area (Å²) in [7, 11) is 0. The van der Waals surface area contributed by atoms with Gasteiger partial charge < -0.3 is 10.1 Å². The maximum Gasteiger partial charge on any atom is 0.358 e. The van der Waals surface area contributed by atoms with Crippen LogP contribution in [0.1, 0.15) is 27.8 Å². The van der Waals surface area contributed by atoms with Crippen LogP contribution in [0.3, 0.4) is 0 Å². The Kier molecular flexibility index (Phi) is 5.34.